The SMILES string of the molecule is N#CC1=C(N)C2(C#N)C(c3ccccc3)N2C1c1ccccc1. The van der Waals surface area contributed by atoms with Gasteiger partial charge in [-0.2, -0.15) is 10.5 Å². The van der Waals surface area contributed by atoms with Gasteiger partial charge in [-0.05, 0) is 11.1 Å². The van der Waals surface area contributed by atoms with Crippen molar-refractivity contribution in [2.24, 2.45) is 5.73 Å². The quantitative estimate of drug-likeness (QED) is 0.865. The van der Waals surface area contributed by atoms with Crippen LogP contribution in [0.2, 0.25) is 0 Å². The maximum absolute atomic E-state index is 9.83. The predicted molar refractivity (Wildman–Crippen MR) is 85.4 cm³/mol. The van der Waals surface area contributed by atoms with Crippen LogP contribution in [-0.2, 0) is 0 Å². The lowest BCUT2D eigenvalue weighted by Gasteiger charge is -2.17. The monoisotopic (exact) mass is 298 g/mol. The van der Waals surface area contributed by atoms with Crippen molar-refractivity contribution in [2.75, 3.05) is 0 Å². The Morgan fingerprint density at radius 1 is 0.913 bits per heavy atom. The van der Waals surface area contributed by atoms with E-state index in [1.807, 2.05) is 65.6 Å². The number of hydrogen-bond donors (Lipinski definition) is 1. The van der Waals surface area contributed by atoms with Gasteiger partial charge in [0.25, 0.3) is 0 Å². The highest BCUT2D eigenvalue weighted by Crippen LogP contribution is 2.66. The molecule has 1 fully saturated rings. The standard InChI is InChI=1S/C19H14N4/c20-11-15-16(13-7-3-1-4-8-13)23-18(14-9-5-2-6-10-14)19(23,12-21)17(15)22/h1-10,16,18H,22H2. The van der Waals surface area contributed by atoms with Crippen molar-refractivity contribution in [2.45, 2.75) is 17.6 Å². The first-order valence-corrected chi connectivity index (χ1v) is 7.45. The molecule has 0 aromatic heterocycles. The first kappa shape index (κ1) is 13.6. The fourth-order valence-electron chi connectivity index (χ4n) is 3.74. The zero-order valence-electron chi connectivity index (χ0n) is 12.3. The largest absolute Gasteiger partial charge is 0.399 e. The van der Waals surface area contributed by atoms with Gasteiger partial charge in [-0.15, -0.1) is 0 Å². The summed E-state index contributed by atoms with van der Waals surface area (Å²) in [7, 11) is 0. The lowest BCUT2D eigenvalue weighted by molar-refractivity contribution is 0.425. The number of nitriles is 2. The van der Waals surface area contributed by atoms with Crippen molar-refractivity contribution in [1.82, 2.24) is 4.90 Å². The molecule has 0 saturated carbocycles. The minimum absolute atomic E-state index is 0.101. The van der Waals surface area contributed by atoms with Gasteiger partial charge >= 0.3 is 0 Å². The highest BCUT2D eigenvalue weighted by molar-refractivity contribution is 5.61. The summed E-state index contributed by atoms with van der Waals surface area (Å²) in [4.78, 5) is 2.05. The molecule has 2 aromatic carbocycles. The molecular weight excluding hydrogens is 284 g/mol. The molecule has 23 heavy (non-hydrogen) atoms. The fourth-order valence-corrected chi connectivity index (χ4v) is 3.74. The van der Waals surface area contributed by atoms with Gasteiger partial charge in [0.1, 0.15) is 0 Å². The maximum atomic E-state index is 9.83. The summed E-state index contributed by atoms with van der Waals surface area (Å²) in [6.07, 6.45) is 0. The zero-order valence-corrected chi connectivity index (χ0v) is 12.3. The Labute approximate surface area is 134 Å². The summed E-state index contributed by atoms with van der Waals surface area (Å²) in [5.41, 5.74) is 8.30. The van der Waals surface area contributed by atoms with Crippen LogP contribution < -0.4 is 5.73 Å². The van der Waals surface area contributed by atoms with Crippen LogP contribution in [0.3, 0.4) is 0 Å². The average molecular weight is 298 g/mol. The molecule has 2 aromatic rings. The van der Waals surface area contributed by atoms with E-state index in [2.05, 4.69) is 12.1 Å². The number of benzene rings is 2. The molecule has 0 aliphatic carbocycles. The van der Waals surface area contributed by atoms with Gasteiger partial charge < -0.3 is 5.73 Å². The van der Waals surface area contributed by atoms with Crippen molar-refractivity contribution in [3.63, 3.8) is 0 Å². The Bertz CT molecular complexity index is 873. The fraction of sp³-hybridized carbons (Fsp3) is 0.158. The first-order valence-electron chi connectivity index (χ1n) is 7.45. The van der Waals surface area contributed by atoms with Crippen LogP contribution in [0, 0.1) is 22.7 Å². The van der Waals surface area contributed by atoms with E-state index in [0.717, 1.165) is 11.1 Å². The average Bonchev–Trinajstić information content (AvgIpc) is 3.22. The predicted octanol–water partition coefficient (Wildman–Crippen LogP) is 2.80. The first-order chi connectivity index (χ1) is 11.3. The van der Waals surface area contributed by atoms with Crippen molar-refractivity contribution in [1.29, 1.82) is 10.5 Å². The van der Waals surface area contributed by atoms with Crippen molar-refractivity contribution in [3.8, 4) is 12.1 Å². The van der Waals surface area contributed by atoms with Crippen molar-refractivity contribution in [3.05, 3.63) is 83.1 Å². The molecule has 2 N–H and O–H groups in total. The second-order valence-corrected chi connectivity index (χ2v) is 5.85. The minimum Gasteiger partial charge on any atom is -0.399 e. The van der Waals surface area contributed by atoms with Crippen LogP contribution in [0.4, 0.5) is 0 Å². The summed E-state index contributed by atoms with van der Waals surface area (Å²) in [5.74, 6) is 0. The second-order valence-electron chi connectivity index (χ2n) is 5.85. The van der Waals surface area contributed by atoms with Gasteiger partial charge in [-0.1, -0.05) is 60.7 Å². The van der Waals surface area contributed by atoms with E-state index >= 15 is 0 Å². The molecule has 110 valence electrons. The molecule has 2 heterocycles. The summed E-state index contributed by atoms with van der Waals surface area (Å²) < 4.78 is 0. The zero-order chi connectivity index (χ0) is 16.0. The number of nitrogens with zero attached hydrogens (tertiary/aromatic N) is 3. The maximum Gasteiger partial charge on any atom is 0.171 e. The Balaban J connectivity index is 1.87. The van der Waals surface area contributed by atoms with E-state index in [9.17, 15) is 10.5 Å². The highest BCUT2D eigenvalue weighted by Gasteiger charge is 2.73. The number of fused-ring (bicyclic) bond motifs is 1. The molecule has 4 nitrogen and oxygen atoms in total. The van der Waals surface area contributed by atoms with Crippen LogP contribution in [0.15, 0.2) is 71.9 Å². The third-order valence-corrected chi connectivity index (χ3v) is 4.79. The molecule has 0 amide bonds. The molecule has 0 spiro atoms. The Morgan fingerprint density at radius 2 is 1.48 bits per heavy atom. The molecule has 4 heteroatoms. The summed E-state index contributed by atoms with van der Waals surface area (Å²) in [6.45, 7) is 0. The van der Waals surface area contributed by atoms with Crippen LogP contribution in [-0.4, -0.2) is 10.4 Å². The number of hydrogen-bond acceptors (Lipinski definition) is 4. The summed E-state index contributed by atoms with van der Waals surface area (Å²) in [5, 5.41) is 19.4. The van der Waals surface area contributed by atoms with Crippen LogP contribution in [0.1, 0.15) is 23.2 Å². The molecule has 2 aliphatic rings. The van der Waals surface area contributed by atoms with Gasteiger partial charge in [0.15, 0.2) is 5.54 Å². The molecule has 2 aliphatic heterocycles. The van der Waals surface area contributed by atoms with E-state index in [0.29, 0.717) is 11.3 Å². The third-order valence-electron chi connectivity index (χ3n) is 4.79. The van der Waals surface area contributed by atoms with E-state index in [1.165, 1.54) is 0 Å². The van der Waals surface area contributed by atoms with Crippen LogP contribution >= 0.6 is 0 Å². The molecule has 0 radical (unpaired) electrons. The van der Waals surface area contributed by atoms with Gasteiger partial charge in [-0.25, -0.2) is 0 Å². The Hall–Kier alpha value is -3.08. The highest BCUT2D eigenvalue weighted by atomic mass is 15.5. The summed E-state index contributed by atoms with van der Waals surface area (Å²) >= 11 is 0. The topological polar surface area (TPSA) is 76.6 Å². The van der Waals surface area contributed by atoms with Crippen molar-refractivity contribution >= 4 is 0 Å². The molecular formula is C19H14N4. The van der Waals surface area contributed by atoms with E-state index < -0.39 is 5.54 Å². The minimum atomic E-state index is -0.896. The van der Waals surface area contributed by atoms with Crippen LogP contribution in [0.25, 0.3) is 0 Å². The van der Waals surface area contributed by atoms with E-state index in [-0.39, 0.29) is 12.1 Å². The van der Waals surface area contributed by atoms with Gasteiger partial charge in [0.2, 0.25) is 0 Å². The van der Waals surface area contributed by atoms with E-state index in [1.54, 1.807) is 0 Å². The van der Waals surface area contributed by atoms with Gasteiger partial charge in [0, 0.05) is 0 Å². The van der Waals surface area contributed by atoms with Crippen LogP contribution in [0.5, 0.6) is 0 Å². The molecule has 0 bridgehead atoms. The lowest BCUT2D eigenvalue weighted by Crippen LogP contribution is -2.20. The van der Waals surface area contributed by atoms with Gasteiger partial charge in [0.05, 0.1) is 35.5 Å². The summed E-state index contributed by atoms with van der Waals surface area (Å²) in [6, 6.07) is 23.9. The van der Waals surface area contributed by atoms with Gasteiger partial charge in [-0.3, -0.25) is 4.90 Å². The normalized spacial score (nSPS) is 31.1. The lowest BCUT2D eigenvalue weighted by atomic mass is 9.92. The second kappa shape index (κ2) is 4.71. The number of nitrogens with two attached hydrogens (primary N) is 1. The smallest absolute Gasteiger partial charge is 0.171 e. The number of rotatable bonds is 2. The van der Waals surface area contributed by atoms with Crippen molar-refractivity contribution < 1.29 is 0 Å². The molecule has 1 saturated heterocycles. The molecule has 4 atom stereocenters. The van der Waals surface area contributed by atoms with E-state index in [4.69, 9.17) is 5.73 Å². The molecule has 4 unspecified atom stereocenters. The Morgan fingerprint density at radius 3 is 2.00 bits per heavy atom. The third kappa shape index (κ3) is 1.61. The molecule has 4 rings (SSSR count). The Kier molecular flexibility index (Phi) is 2.78.